The minimum absolute atomic E-state index is 0.00138. The van der Waals surface area contributed by atoms with Gasteiger partial charge in [0, 0.05) is 31.1 Å². The van der Waals surface area contributed by atoms with Gasteiger partial charge in [0.15, 0.2) is 23.7 Å². The molecule has 2 fully saturated rings. The highest BCUT2D eigenvalue weighted by Crippen LogP contribution is 2.37. The van der Waals surface area contributed by atoms with E-state index < -0.39 is 36.2 Å². The number of methoxy groups -OCH3 is 1. The van der Waals surface area contributed by atoms with Crippen LogP contribution in [0.25, 0.3) is 5.65 Å². The fourth-order valence-electron chi connectivity index (χ4n) is 3.86. The molecule has 3 N–H and O–H groups in total. The highest BCUT2D eigenvalue weighted by molar-refractivity contribution is 5.69. The van der Waals surface area contributed by atoms with Crippen LogP contribution in [0.3, 0.4) is 0 Å². The first-order valence-electron chi connectivity index (χ1n) is 11.1. The molecule has 1 saturated carbocycles. The van der Waals surface area contributed by atoms with Crippen LogP contribution >= 0.6 is 0 Å². The normalized spacial score (nSPS) is 23.1. The van der Waals surface area contributed by atoms with Crippen molar-refractivity contribution in [3.05, 3.63) is 35.4 Å². The van der Waals surface area contributed by atoms with E-state index >= 15 is 0 Å². The van der Waals surface area contributed by atoms with E-state index in [1.54, 1.807) is 0 Å². The zero-order valence-corrected chi connectivity index (χ0v) is 19.2. The minimum Gasteiger partial charge on any atom is -0.441 e. The first kappa shape index (κ1) is 24.2. The van der Waals surface area contributed by atoms with Crippen molar-refractivity contribution in [1.29, 1.82) is 0 Å². The average Bonchev–Trinajstić information content (AvgIpc) is 3.14. The van der Waals surface area contributed by atoms with Crippen molar-refractivity contribution in [1.82, 2.24) is 29.9 Å². The van der Waals surface area contributed by atoms with Crippen LogP contribution in [0.2, 0.25) is 0 Å². The summed E-state index contributed by atoms with van der Waals surface area (Å²) in [6, 6.07) is 1.43. The summed E-state index contributed by atoms with van der Waals surface area (Å²) >= 11 is 0. The molecule has 1 amide bonds. The number of anilines is 2. The van der Waals surface area contributed by atoms with Gasteiger partial charge in [-0.2, -0.15) is 18.3 Å². The summed E-state index contributed by atoms with van der Waals surface area (Å²) in [5.41, 5.74) is -1.15. The highest BCUT2D eigenvalue weighted by atomic mass is 19.4. The molecular weight excluding hydrogens is 490 g/mol. The van der Waals surface area contributed by atoms with Gasteiger partial charge in [-0.1, -0.05) is 0 Å². The van der Waals surface area contributed by atoms with Gasteiger partial charge in [0.25, 0.3) is 0 Å². The minimum atomic E-state index is -4.66. The number of carbonyl (C=O) groups excluding carboxylic acids is 1. The summed E-state index contributed by atoms with van der Waals surface area (Å²) in [7, 11) is 1.40. The Morgan fingerprint density at radius 1 is 1.39 bits per heavy atom. The van der Waals surface area contributed by atoms with Gasteiger partial charge in [0.1, 0.15) is 11.7 Å². The van der Waals surface area contributed by atoms with Crippen LogP contribution < -0.4 is 10.6 Å². The number of hydrogen-bond donors (Lipinski definition) is 3. The molecule has 36 heavy (non-hydrogen) atoms. The number of halogens is 4. The van der Waals surface area contributed by atoms with Crippen LogP contribution in [0.4, 0.5) is 34.1 Å². The third-order valence-electron chi connectivity index (χ3n) is 6.03. The molecule has 5 rings (SSSR count). The Labute approximate surface area is 201 Å². The molecule has 2 aliphatic rings. The SMILES string of the molecule is COCc1cn2c(Nc3cc([C@@H]4OC[C@H](OC(=O)NC5(C)CC5)[C@H]4F)[nH]n3)ncc(C(F)(F)F)c2n1. The molecule has 1 aliphatic carbocycles. The number of amides is 1. The Bertz CT molecular complexity index is 1270. The number of ether oxygens (including phenoxy) is 3. The number of nitrogens with one attached hydrogen (secondary N) is 3. The Morgan fingerprint density at radius 2 is 2.17 bits per heavy atom. The molecule has 0 bridgehead atoms. The monoisotopic (exact) mass is 513 g/mol. The van der Waals surface area contributed by atoms with Crippen molar-refractivity contribution >= 4 is 23.5 Å². The quantitative estimate of drug-likeness (QED) is 0.410. The van der Waals surface area contributed by atoms with Crippen molar-refractivity contribution in [2.45, 2.75) is 56.5 Å². The van der Waals surface area contributed by atoms with Crippen LogP contribution in [0.1, 0.15) is 42.8 Å². The lowest BCUT2D eigenvalue weighted by atomic mass is 10.1. The summed E-state index contributed by atoms with van der Waals surface area (Å²) in [6.45, 7) is 1.73. The third-order valence-corrected chi connectivity index (χ3v) is 6.03. The Hall–Kier alpha value is -3.46. The smallest absolute Gasteiger partial charge is 0.421 e. The van der Waals surface area contributed by atoms with Gasteiger partial charge in [0.05, 0.1) is 24.6 Å². The number of imidazole rings is 1. The fraction of sp³-hybridized carbons (Fsp3) is 0.524. The molecular formula is C21H23F4N7O4. The average molecular weight is 513 g/mol. The fourth-order valence-corrected chi connectivity index (χ4v) is 3.86. The van der Waals surface area contributed by atoms with E-state index in [1.807, 2.05) is 6.92 Å². The van der Waals surface area contributed by atoms with Gasteiger partial charge in [0.2, 0.25) is 5.95 Å². The topological polar surface area (TPSA) is 128 Å². The largest absolute Gasteiger partial charge is 0.441 e. The lowest BCUT2D eigenvalue weighted by molar-refractivity contribution is -0.136. The molecule has 4 heterocycles. The number of aromatic amines is 1. The molecule has 0 aromatic carbocycles. The highest BCUT2D eigenvalue weighted by Gasteiger charge is 2.44. The summed E-state index contributed by atoms with van der Waals surface area (Å²) in [5, 5.41) is 12.2. The summed E-state index contributed by atoms with van der Waals surface area (Å²) < 4.78 is 72.0. The molecule has 3 aromatic heterocycles. The zero-order valence-electron chi connectivity index (χ0n) is 19.2. The number of H-pyrrole nitrogens is 1. The molecule has 3 aromatic rings. The maximum absolute atomic E-state index is 15.0. The van der Waals surface area contributed by atoms with Crippen LogP contribution in [0.15, 0.2) is 18.5 Å². The number of alkyl carbamates (subject to hydrolysis) is 1. The number of aromatic nitrogens is 5. The van der Waals surface area contributed by atoms with E-state index in [4.69, 9.17) is 14.2 Å². The molecule has 1 saturated heterocycles. The molecule has 1 aliphatic heterocycles. The van der Waals surface area contributed by atoms with Gasteiger partial charge in [-0.25, -0.2) is 19.2 Å². The van der Waals surface area contributed by atoms with Crippen molar-refractivity contribution in [2.75, 3.05) is 19.0 Å². The number of hydrogen-bond acceptors (Lipinski definition) is 8. The predicted octanol–water partition coefficient (Wildman–Crippen LogP) is 3.42. The summed E-state index contributed by atoms with van der Waals surface area (Å²) in [4.78, 5) is 19.9. The summed E-state index contributed by atoms with van der Waals surface area (Å²) in [6.07, 6.45) is -5.50. The van der Waals surface area contributed by atoms with E-state index in [0.29, 0.717) is 6.20 Å². The van der Waals surface area contributed by atoms with Gasteiger partial charge in [-0.15, -0.1) is 0 Å². The second kappa shape index (κ2) is 8.89. The molecule has 15 heteroatoms. The van der Waals surface area contributed by atoms with Gasteiger partial charge in [-0.3, -0.25) is 9.50 Å². The number of alkyl halides is 4. The number of fused-ring (bicyclic) bond motifs is 1. The van der Waals surface area contributed by atoms with Crippen molar-refractivity contribution in [3.8, 4) is 0 Å². The standard InChI is InChI=1S/C21H23F4N7O4/c1-20(3-4-20)29-19(33)36-13-9-35-16(15(13)22)12-5-14(31-30-12)28-18-26-6-11(21(23,24)25)17-27-10(8-34-2)7-32(17)18/h5-7,13,15-16H,3-4,8-9H2,1-2H3,(H,29,33)(H2,26,28,30,31)/t13-,15+,16-/m0/s1. The Kier molecular flexibility index (Phi) is 5.98. The van der Waals surface area contributed by atoms with Gasteiger partial charge >= 0.3 is 12.3 Å². The first-order valence-corrected chi connectivity index (χ1v) is 11.1. The van der Waals surface area contributed by atoms with E-state index in [-0.39, 0.29) is 47.6 Å². The second-order valence-electron chi connectivity index (χ2n) is 9.01. The third kappa shape index (κ3) is 4.80. The molecule has 3 atom stereocenters. The molecule has 194 valence electrons. The van der Waals surface area contributed by atoms with E-state index in [2.05, 4.69) is 30.8 Å². The lowest BCUT2D eigenvalue weighted by Gasteiger charge is -2.17. The van der Waals surface area contributed by atoms with Crippen molar-refractivity contribution in [2.24, 2.45) is 0 Å². The van der Waals surface area contributed by atoms with E-state index in [0.717, 1.165) is 17.2 Å². The molecule has 0 radical (unpaired) electrons. The van der Waals surface area contributed by atoms with Crippen molar-refractivity contribution in [3.63, 3.8) is 0 Å². The Balaban J connectivity index is 1.31. The maximum atomic E-state index is 15.0. The Morgan fingerprint density at radius 3 is 2.86 bits per heavy atom. The van der Waals surface area contributed by atoms with Gasteiger partial charge < -0.3 is 24.8 Å². The van der Waals surface area contributed by atoms with Crippen LogP contribution in [0, 0.1) is 0 Å². The van der Waals surface area contributed by atoms with E-state index in [1.165, 1.54) is 19.4 Å². The number of carbonyl (C=O) groups is 1. The molecule has 0 spiro atoms. The second-order valence-corrected chi connectivity index (χ2v) is 9.01. The lowest BCUT2D eigenvalue weighted by Crippen LogP contribution is -2.39. The van der Waals surface area contributed by atoms with Crippen LogP contribution in [-0.2, 0) is 27.0 Å². The predicted molar refractivity (Wildman–Crippen MR) is 115 cm³/mol. The maximum Gasteiger partial charge on any atom is 0.421 e. The van der Waals surface area contributed by atoms with Gasteiger partial charge in [-0.05, 0) is 19.8 Å². The van der Waals surface area contributed by atoms with Crippen LogP contribution in [-0.4, -0.2) is 62.2 Å². The first-order chi connectivity index (χ1) is 17.1. The number of rotatable bonds is 7. The van der Waals surface area contributed by atoms with Crippen LogP contribution in [0.5, 0.6) is 0 Å². The number of nitrogens with zero attached hydrogens (tertiary/aromatic N) is 4. The summed E-state index contributed by atoms with van der Waals surface area (Å²) in [5.74, 6) is 0.154. The van der Waals surface area contributed by atoms with E-state index in [9.17, 15) is 22.4 Å². The molecule has 11 nitrogen and oxygen atoms in total. The zero-order chi connectivity index (χ0) is 25.7. The molecule has 0 unspecified atom stereocenters. The van der Waals surface area contributed by atoms with Crippen molar-refractivity contribution < 1.29 is 36.6 Å².